The van der Waals surface area contributed by atoms with Crippen molar-refractivity contribution in [3.8, 4) is 17.0 Å². The van der Waals surface area contributed by atoms with Crippen molar-refractivity contribution in [2.75, 3.05) is 5.32 Å². The maximum Gasteiger partial charge on any atom is 0.387 e. The van der Waals surface area contributed by atoms with Crippen LogP contribution in [-0.2, 0) is 0 Å². The van der Waals surface area contributed by atoms with Crippen LogP contribution in [0.1, 0.15) is 0 Å². The number of halogens is 2. The monoisotopic (exact) mass is 318 g/mol. The highest BCUT2D eigenvalue weighted by atomic mass is 32.1. The van der Waals surface area contributed by atoms with Gasteiger partial charge in [0.15, 0.2) is 5.13 Å². The smallest absolute Gasteiger partial charge is 0.387 e. The number of nitrogens with zero attached hydrogens (tertiary/aromatic N) is 1. The van der Waals surface area contributed by atoms with Gasteiger partial charge >= 0.3 is 6.61 Å². The minimum atomic E-state index is -2.81. The van der Waals surface area contributed by atoms with Gasteiger partial charge in [0.05, 0.1) is 5.69 Å². The Morgan fingerprint density at radius 2 is 1.73 bits per heavy atom. The maximum atomic E-state index is 12.1. The molecule has 0 amide bonds. The lowest BCUT2D eigenvalue weighted by molar-refractivity contribution is -0.0498. The number of thiazole rings is 1. The molecule has 0 atom stereocenters. The van der Waals surface area contributed by atoms with Crippen LogP contribution in [0.3, 0.4) is 0 Å². The van der Waals surface area contributed by atoms with Gasteiger partial charge in [-0.3, -0.25) is 0 Å². The molecule has 1 heterocycles. The molecule has 3 aromatic rings. The number of alkyl halides is 2. The van der Waals surface area contributed by atoms with E-state index >= 15 is 0 Å². The molecule has 0 fully saturated rings. The predicted octanol–water partition coefficient (Wildman–Crippen LogP) is 5.16. The van der Waals surface area contributed by atoms with Crippen LogP contribution in [0.5, 0.6) is 5.75 Å². The van der Waals surface area contributed by atoms with Crippen LogP contribution in [0.2, 0.25) is 0 Å². The summed E-state index contributed by atoms with van der Waals surface area (Å²) in [6, 6.07) is 16.2. The second-order valence-corrected chi connectivity index (χ2v) is 5.29. The Labute approximate surface area is 130 Å². The molecule has 0 radical (unpaired) electrons. The fraction of sp³-hybridized carbons (Fsp3) is 0.0625. The summed E-state index contributed by atoms with van der Waals surface area (Å²) in [5.41, 5.74) is 2.59. The Hall–Kier alpha value is -2.47. The molecule has 22 heavy (non-hydrogen) atoms. The van der Waals surface area contributed by atoms with Crippen molar-refractivity contribution in [1.29, 1.82) is 0 Å². The molecule has 0 saturated carbocycles. The molecule has 0 aliphatic heterocycles. The third kappa shape index (κ3) is 3.59. The summed E-state index contributed by atoms with van der Waals surface area (Å²) >= 11 is 1.48. The maximum absolute atomic E-state index is 12.1. The number of hydrogen-bond acceptors (Lipinski definition) is 4. The van der Waals surface area contributed by atoms with Gasteiger partial charge in [-0.25, -0.2) is 4.98 Å². The van der Waals surface area contributed by atoms with Gasteiger partial charge < -0.3 is 10.1 Å². The van der Waals surface area contributed by atoms with Crippen molar-refractivity contribution < 1.29 is 13.5 Å². The summed E-state index contributed by atoms with van der Waals surface area (Å²) in [5.74, 6) is 0.136. The number of para-hydroxylation sites is 1. The highest BCUT2D eigenvalue weighted by molar-refractivity contribution is 7.14. The van der Waals surface area contributed by atoms with Gasteiger partial charge in [0.25, 0.3) is 0 Å². The number of nitrogens with one attached hydrogen (secondary N) is 1. The van der Waals surface area contributed by atoms with E-state index in [1.165, 1.54) is 23.5 Å². The van der Waals surface area contributed by atoms with Gasteiger partial charge in [-0.2, -0.15) is 8.78 Å². The normalized spacial score (nSPS) is 10.7. The second-order valence-electron chi connectivity index (χ2n) is 4.43. The van der Waals surface area contributed by atoms with Gasteiger partial charge in [-0.05, 0) is 36.4 Å². The Morgan fingerprint density at radius 3 is 2.41 bits per heavy atom. The van der Waals surface area contributed by atoms with E-state index < -0.39 is 6.61 Å². The lowest BCUT2D eigenvalue weighted by Gasteiger charge is -2.04. The highest BCUT2D eigenvalue weighted by Crippen LogP contribution is 2.28. The number of hydrogen-bond donors (Lipinski definition) is 1. The van der Waals surface area contributed by atoms with Crippen molar-refractivity contribution in [1.82, 2.24) is 4.98 Å². The zero-order valence-corrected chi connectivity index (χ0v) is 12.2. The summed E-state index contributed by atoms with van der Waals surface area (Å²) < 4.78 is 28.6. The van der Waals surface area contributed by atoms with Crippen LogP contribution in [-0.4, -0.2) is 11.6 Å². The Balaban J connectivity index is 1.73. The third-order valence-electron chi connectivity index (χ3n) is 2.90. The fourth-order valence-electron chi connectivity index (χ4n) is 1.92. The second kappa shape index (κ2) is 6.53. The Kier molecular flexibility index (Phi) is 4.29. The standard InChI is InChI=1S/C16H12F2N2OS/c17-15(18)21-13-8-6-11(7-9-13)14-10-22-16(20-14)19-12-4-2-1-3-5-12/h1-10,15H,(H,19,20). The van der Waals surface area contributed by atoms with Gasteiger partial charge in [0.2, 0.25) is 0 Å². The molecule has 0 bridgehead atoms. The van der Waals surface area contributed by atoms with E-state index in [9.17, 15) is 8.78 Å². The molecule has 0 spiro atoms. The van der Waals surface area contributed by atoms with Crippen molar-refractivity contribution in [2.24, 2.45) is 0 Å². The van der Waals surface area contributed by atoms with E-state index in [0.29, 0.717) is 0 Å². The van der Waals surface area contributed by atoms with Gasteiger partial charge in [0.1, 0.15) is 5.75 Å². The number of rotatable bonds is 5. The average Bonchev–Trinajstić information content (AvgIpc) is 2.97. The minimum Gasteiger partial charge on any atom is -0.435 e. The first-order valence-electron chi connectivity index (χ1n) is 6.53. The number of aromatic nitrogens is 1. The third-order valence-corrected chi connectivity index (χ3v) is 3.66. The molecule has 2 aromatic carbocycles. The SMILES string of the molecule is FC(F)Oc1ccc(-c2csc(Nc3ccccc3)n2)cc1. The molecule has 3 rings (SSSR count). The Bertz CT molecular complexity index is 729. The highest BCUT2D eigenvalue weighted by Gasteiger charge is 2.07. The fourth-order valence-corrected chi connectivity index (χ4v) is 2.66. The van der Waals surface area contributed by atoms with E-state index in [1.54, 1.807) is 12.1 Å². The Morgan fingerprint density at radius 1 is 1.00 bits per heavy atom. The number of benzene rings is 2. The van der Waals surface area contributed by atoms with E-state index in [-0.39, 0.29) is 5.75 Å². The van der Waals surface area contributed by atoms with Crippen molar-refractivity contribution >= 4 is 22.2 Å². The first kappa shape index (κ1) is 14.5. The summed E-state index contributed by atoms with van der Waals surface area (Å²) in [6.07, 6.45) is 0. The van der Waals surface area contributed by atoms with E-state index in [1.807, 2.05) is 35.7 Å². The molecule has 1 N–H and O–H groups in total. The molecule has 1 aromatic heterocycles. The zero-order valence-electron chi connectivity index (χ0n) is 11.4. The number of ether oxygens (including phenoxy) is 1. The van der Waals surface area contributed by atoms with E-state index in [4.69, 9.17) is 0 Å². The van der Waals surface area contributed by atoms with Crippen molar-refractivity contribution in [3.05, 3.63) is 60.0 Å². The van der Waals surface area contributed by atoms with Crippen LogP contribution < -0.4 is 10.1 Å². The molecular formula is C16H12F2N2OS. The minimum absolute atomic E-state index is 0.136. The molecule has 0 aliphatic rings. The first-order valence-corrected chi connectivity index (χ1v) is 7.41. The lowest BCUT2D eigenvalue weighted by Crippen LogP contribution is -2.01. The van der Waals surface area contributed by atoms with Gasteiger partial charge in [-0.1, -0.05) is 18.2 Å². The molecule has 0 unspecified atom stereocenters. The van der Waals surface area contributed by atoms with E-state index in [0.717, 1.165) is 22.1 Å². The number of anilines is 2. The molecule has 0 saturated heterocycles. The lowest BCUT2D eigenvalue weighted by atomic mass is 10.2. The van der Waals surface area contributed by atoms with Gasteiger partial charge in [0, 0.05) is 16.6 Å². The van der Waals surface area contributed by atoms with E-state index in [2.05, 4.69) is 15.0 Å². The molecular weight excluding hydrogens is 306 g/mol. The summed E-state index contributed by atoms with van der Waals surface area (Å²) in [4.78, 5) is 4.48. The van der Waals surface area contributed by atoms with Crippen LogP contribution in [0.4, 0.5) is 19.6 Å². The summed E-state index contributed by atoms with van der Waals surface area (Å²) in [7, 11) is 0. The quantitative estimate of drug-likeness (QED) is 0.706. The molecule has 6 heteroatoms. The van der Waals surface area contributed by atoms with Crippen molar-refractivity contribution in [3.63, 3.8) is 0 Å². The summed E-state index contributed by atoms with van der Waals surface area (Å²) in [5, 5.41) is 5.90. The predicted molar refractivity (Wildman–Crippen MR) is 83.9 cm³/mol. The van der Waals surface area contributed by atoms with Crippen LogP contribution >= 0.6 is 11.3 Å². The van der Waals surface area contributed by atoms with Gasteiger partial charge in [-0.15, -0.1) is 11.3 Å². The van der Waals surface area contributed by atoms with Crippen LogP contribution in [0.25, 0.3) is 11.3 Å². The molecule has 3 nitrogen and oxygen atoms in total. The van der Waals surface area contributed by atoms with Crippen molar-refractivity contribution in [2.45, 2.75) is 6.61 Å². The first-order chi connectivity index (χ1) is 10.7. The van der Waals surface area contributed by atoms with Crippen LogP contribution in [0, 0.1) is 0 Å². The average molecular weight is 318 g/mol. The topological polar surface area (TPSA) is 34.1 Å². The largest absolute Gasteiger partial charge is 0.435 e. The molecule has 112 valence electrons. The zero-order chi connectivity index (χ0) is 15.4. The van der Waals surface area contributed by atoms with Crippen LogP contribution in [0.15, 0.2) is 60.0 Å². The molecule has 0 aliphatic carbocycles. The summed E-state index contributed by atoms with van der Waals surface area (Å²) in [6.45, 7) is -2.81.